The van der Waals surface area contributed by atoms with Crippen LogP contribution in [0.5, 0.6) is 0 Å². The third kappa shape index (κ3) is 8.93. The normalized spacial score (nSPS) is 11.7. The summed E-state index contributed by atoms with van der Waals surface area (Å²) in [5.74, 6) is 0.757. The van der Waals surface area contributed by atoms with Gasteiger partial charge in [0.2, 0.25) is 0 Å². The van der Waals surface area contributed by atoms with Gasteiger partial charge in [-0.2, -0.15) is 0 Å². The number of carbonyl (C=O) groups excluding carboxylic acids is 1. The minimum absolute atomic E-state index is 0. The Labute approximate surface area is 190 Å². The van der Waals surface area contributed by atoms with Gasteiger partial charge in [0.15, 0.2) is 5.96 Å². The number of amides is 1. The number of aromatic amines is 1. The molecular weight excluding hydrogens is 481 g/mol. The molecule has 2 aromatic rings. The molecule has 7 nitrogen and oxygen atoms in total. The van der Waals surface area contributed by atoms with E-state index in [1.54, 1.807) is 7.05 Å². The second-order valence-electron chi connectivity index (χ2n) is 7.82. The molecule has 1 aromatic heterocycles. The van der Waals surface area contributed by atoms with Gasteiger partial charge in [0.25, 0.3) is 0 Å². The van der Waals surface area contributed by atoms with E-state index in [-0.39, 0.29) is 30.1 Å². The molecule has 0 bridgehead atoms. The van der Waals surface area contributed by atoms with E-state index in [4.69, 9.17) is 4.74 Å². The average Bonchev–Trinajstić information content (AvgIpc) is 3.00. The molecule has 0 saturated heterocycles. The third-order valence-corrected chi connectivity index (χ3v) is 4.15. The molecule has 0 aliphatic rings. The van der Waals surface area contributed by atoms with E-state index in [0.29, 0.717) is 13.1 Å². The second-order valence-corrected chi connectivity index (χ2v) is 7.82. The third-order valence-electron chi connectivity index (χ3n) is 4.15. The molecule has 0 spiro atoms. The highest BCUT2D eigenvalue weighted by Gasteiger charge is 2.15. The van der Waals surface area contributed by atoms with Crippen molar-refractivity contribution in [3.05, 3.63) is 35.5 Å². The molecule has 0 fully saturated rings. The van der Waals surface area contributed by atoms with Gasteiger partial charge in [-0.05, 0) is 57.7 Å². The number of guanidine groups is 1. The first-order chi connectivity index (χ1) is 13.3. The van der Waals surface area contributed by atoms with E-state index in [9.17, 15) is 4.79 Å². The number of carbonyl (C=O) groups is 1. The number of alkyl carbamates (subject to hydrolysis) is 1. The van der Waals surface area contributed by atoms with Crippen molar-refractivity contribution in [3.63, 3.8) is 0 Å². The number of halogens is 1. The lowest BCUT2D eigenvalue weighted by Crippen LogP contribution is -2.40. The molecular formula is C21H34IN5O2. The molecule has 0 aliphatic heterocycles. The van der Waals surface area contributed by atoms with E-state index < -0.39 is 5.60 Å². The standard InChI is InChI=1S/C21H33N5O2.HI/c1-15-7-8-17-16(14-26-18(17)13-15)9-12-24-19(22-5)23-10-6-11-25-20(27)28-21(2,3)4;/h7-8,13-14,26H,6,9-12H2,1-5H3,(H,25,27)(H2,22,23,24);1H. The maximum absolute atomic E-state index is 11.6. The molecule has 4 N–H and O–H groups in total. The maximum Gasteiger partial charge on any atom is 0.407 e. The number of aryl methyl sites for hydroxylation is 1. The van der Waals surface area contributed by atoms with E-state index in [1.807, 2.05) is 20.8 Å². The molecule has 0 radical (unpaired) electrons. The average molecular weight is 515 g/mol. The number of ether oxygens (including phenoxy) is 1. The summed E-state index contributed by atoms with van der Waals surface area (Å²) in [6, 6.07) is 6.47. The number of hydrogen-bond donors (Lipinski definition) is 4. The van der Waals surface area contributed by atoms with Crippen molar-refractivity contribution in [2.24, 2.45) is 4.99 Å². The molecule has 0 unspecified atom stereocenters. The van der Waals surface area contributed by atoms with Gasteiger partial charge < -0.3 is 25.7 Å². The Balaban J connectivity index is 0.00000420. The molecule has 162 valence electrons. The van der Waals surface area contributed by atoms with E-state index in [2.05, 4.69) is 57.2 Å². The summed E-state index contributed by atoms with van der Waals surface area (Å²) < 4.78 is 5.20. The number of aliphatic imine (C=N–C) groups is 1. The fourth-order valence-corrected chi connectivity index (χ4v) is 2.84. The zero-order valence-electron chi connectivity index (χ0n) is 18.0. The summed E-state index contributed by atoms with van der Waals surface area (Å²) in [7, 11) is 1.75. The summed E-state index contributed by atoms with van der Waals surface area (Å²) in [5.41, 5.74) is 3.25. The SMILES string of the molecule is CN=C(NCCCNC(=O)OC(C)(C)C)NCCc1c[nH]c2cc(C)ccc12.I. The van der Waals surface area contributed by atoms with Crippen molar-refractivity contribution >= 4 is 46.9 Å². The van der Waals surface area contributed by atoms with Crippen molar-refractivity contribution < 1.29 is 9.53 Å². The first-order valence-corrected chi connectivity index (χ1v) is 9.76. The fraction of sp³-hybridized carbons (Fsp3) is 0.524. The summed E-state index contributed by atoms with van der Waals surface area (Å²) in [6.07, 6.45) is 3.37. The van der Waals surface area contributed by atoms with Gasteiger partial charge in [0, 0.05) is 43.8 Å². The molecule has 0 saturated carbocycles. The Morgan fingerprint density at radius 1 is 1.14 bits per heavy atom. The topological polar surface area (TPSA) is 90.5 Å². The van der Waals surface area contributed by atoms with Crippen molar-refractivity contribution in [2.45, 2.75) is 46.1 Å². The Bertz CT molecular complexity index is 811. The first kappa shape index (κ1) is 25.1. The Kier molecular flexibility index (Phi) is 10.3. The summed E-state index contributed by atoms with van der Waals surface area (Å²) in [4.78, 5) is 19.2. The number of nitrogens with one attached hydrogen (secondary N) is 4. The van der Waals surface area contributed by atoms with Crippen LogP contribution in [0, 0.1) is 6.92 Å². The smallest absolute Gasteiger partial charge is 0.407 e. The van der Waals surface area contributed by atoms with Gasteiger partial charge in [-0.3, -0.25) is 4.99 Å². The Morgan fingerprint density at radius 3 is 2.52 bits per heavy atom. The van der Waals surface area contributed by atoms with Crippen molar-refractivity contribution in [1.82, 2.24) is 20.9 Å². The van der Waals surface area contributed by atoms with Gasteiger partial charge in [0.05, 0.1) is 0 Å². The van der Waals surface area contributed by atoms with Crippen LogP contribution in [0.15, 0.2) is 29.4 Å². The predicted octanol–water partition coefficient (Wildman–Crippen LogP) is 3.72. The van der Waals surface area contributed by atoms with Crippen molar-refractivity contribution in [2.75, 3.05) is 26.7 Å². The molecule has 8 heteroatoms. The number of nitrogens with zero attached hydrogens (tertiary/aromatic N) is 1. The van der Waals surface area contributed by atoms with Crippen LogP contribution >= 0.6 is 24.0 Å². The number of H-pyrrole nitrogens is 1. The molecule has 1 heterocycles. The highest BCUT2D eigenvalue weighted by molar-refractivity contribution is 14.0. The fourth-order valence-electron chi connectivity index (χ4n) is 2.84. The van der Waals surface area contributed by atoms with Gasteiger partial charge in [-0.25, -0.2) is 4.79 Å². The van der Waals surface area contributed by atoms with Crippen LogP contribution in [0.2, 0.25) is 0 Å². The summed E-state index contributed by atoms with van der Waals surface area (Å²) >= 11 is 0. The number of fused-ring (bicyclic) bond motifs is 1. The zero-order chi connectivity index (χ0) is 20.6. The van der Waals surface area contributed by atoms with E-state index >= 15 is 0 Å². The molecule has 0 aliphatic carbocycles. The van der Waals surface area contributed by atoms with Gasteiger partial charge in [-0.15, -0.1) is 24.0 Å². The van der Waals surface area contributed by atoms with Crippen molar-refractivity contribution in [3.8, 4) is 0 Å². The molecule has 1 amide bonds. The summed E-state index contributed by atoms with van der Waals surface area (Å²) in [6.45, 7) is 9.69. The van der Waals surface area contributed by atoms with Crippen LogP contribution in [0.25, 0.3) is 10.9 Å². The Morgan fingerprint density at radius 2 is 1.83 bits per heavy atom. The van der Waals surface area contributed by atoms with E-state index in [0.717, 1.165) is 25.3 Å². The number of rotatable bonds is 7. The highest BCUT2D eigenvalue weighted by atomic mass is 127. The monoisotopic (exact) mass is 515 g/mol. The first-order valence-electron chi connectivity index (χ1n) is 9.76. The second kappa shape index (κ2) is 11.9. The quantitative estimate of drug-likeness (QED) is 0.196. The maximum atomic E-state index is 11.6. The minimum atomic E-state index is -0.474. The highest BCUT2D eigenvalue weighted by Crippen LogP contribution is 2.19. The number of benzene rings is 1. The predicted molar refractivity (Wildman–Crippen MR) is 130 cm³/mol. The van der Waals surface area contributed by atoms with Gasteiger partial charge in [0.1, 0.15) is 5.60 Å². The molecule has 1 aromatic carbocycles. The lowest BCUT2D eigenvalue weighted by atomic mass is 10.1. The van der Waals surface area contributed by atoms with Crippen LogP contribution in [0.1, 0.15) is 38.3 Å². The lowest BCUT2D eigenvalue weighted by Gasteiger charge is -2.19. The largest absolute Gasteiger partial charge is 0.444 e. The molecule has 29 heavy (non-hydrogen) atoms. The number of hydrogen-bond acceptors (Lipinski definition) is 3. The molecule has 0 atom stereocenters. The zero-order valence-corrected chi connectivity index (χ0v) is 20.3. The summed E-state index contributed by atoms with van der Waals surface area (Å²) in [5, 5.41) is 10.6. The molecule has 2 rings (SSSR count). The van der Waals surface area contributed by atoms with Crippen LogP contribution in [-0.4, -0.2) is 49.3 Å². The van der Waals surface area contributed by atoms with Gasteiger partial charge in [-0.1, -0.05) is 12.1 Å². The minimum Gasteiger partial charge on any atom is -0.444 e. The Hall–Kier alpha value is -1.97. The van der Waals surface area contributed by atoms with Crippen LogP contribution < -0.4 is 16.0 Å². The van der Waals surface area contributed by atoms with Crippen LogP contribution in [0.3, 0.4) is 0 Å². The van der Waals surface area contributed by atoms with Crippen molar-refractivity contribution in [1.29, 1.82) is 0 Å². The van der Waals surface area contributed by atoms with E-state index in [1.165, 1.54) is 22.0 Å². The van der Waals surface area contributed by atoms with Crippen LogP contribution in [-0.2, 0) is 11.2 Å². The lowest BCUT2D eigenvalue weighted by molar-refractivity contribution is 0.0527. The van der Waals surface area contributed by atoms with Crippen LogP contribution in [0.4, 0.5) is 4.79 Å². The van der Waals surface area contributed by atoms with Gasteiger partial charge >= 0.3 is 6.09 Å². The number of aromatic nitrogens is 1.